The molecule has 0 aliphatic carbocycles. The fourth-order valence-corrected chi connectivity index (χ4v) is 2.85. The molecule has 1 atom stereocenters. The molecule has 0 spiro atoms. The number of nitrogens with two attached hydrogens (primary N) is 1. The SMILES string of the molecule is Cc1ccc(NC(=O)COc2ccc(N3CC(C(N)=O)CC3=O)cc2)cc1. The van der Waals surface area contributed by atoms with E-state index in [1.165, 1.54) is 4.90 Å². The number of benzene rings is 2. The number of anilines is 2. The van der Waals surface area contributed by atoms with Crippen LogP contribution in [-0.2, 0) is 14.4 Å². The third-order valence-electron chi connectivity index (χ3n) is 4.38. The lowest BCUT2D eigenvalue weighted by atomic mass is 10.1. The number of nitrogens with one attached hydrogen (secondary N) is 1. The van der Waals surface area contributed by atoms with Crippen LogP contribution >= 0.6 is 0 Å². The van der Waals surface area contributed by atoms with E-state index in [0.717, 1.165) is 5.56 Å². The topological polar surface area (TPSA) is 102 Å². The molecule has 0 saturated carbocycles. The van der Waals surface area contributed by atoms with Gasteiger partial charge in [-0.15, -0.1) is 0 Å². The summed E-state index contributed by atoms with van der Waals surface area (Å²) in [5.41, 5.74) is 7.77. The molecule has 0 aromatic heterocycles. The number of carbonyl (C=O) groups excluding carboxylic acids is 3. The van der Waals surface area contributed by atoms with Crippen molar-refractivity contribution in [1.29, 1.82) is 0 Å². The van der Waals surface area contributed by atoms with Gasteiger partial charge in [0.25, 0.3) is 5.91 Å². The van der Waals surface area contributed by atoms with Crippen LogP contribution in [0.1, 0.15) is 12.0 Å². The molecule has 27 heavy (non-hydrogen) atoms. The molecule has 2 aromatic rings. The van der Waals surface area contributed by atoms with Crippen molar-refractivity contribution in [1.82, 2.24) is 0 Å². The van der Waals surface area contributed by atoms with Crippen molar-refractivity contribution in [2.75, 3.05) is 23.4 Å². The van der Waals surface area contributed by atoms with Gasteiger partial charge in [0.15, 0.2) is 6.61 Å². The van der Waals surface area contributed by atoms with E-state index in [0.29, 0.717) is 17.1 Å². The summed E-state index contributed by atoms with van der Waals surface area (Å²) in [5.74, 6) is -0.813. The average Bonchev–Trinajstić information content (AvgIpc) is 3.04. The minimum Gasteiger partial charge on any atom is -0.484 e. The van der Waals surface area contributed by atoms with Crippen molar-refractivity contribution in [2.24, 2.45) is 11.7 Å². The largest absolute Gasteiger partial charge is 0.484 e. The van der Waals surface area contributed by atoms with Crippen LogP contribution in [0.25, 0.3) is 0 Å². The van der Waals surface area contributed by atoms with E-state index >= 15 is 0 Å². The highest BCUT2D eigenvalue weighted by molar-refractivity contribution is 6.00. The van der Waals surface area contributed by atoms with Gasteiger partial charge in [0.05, 0.1) is 5.92 Å². The first kappa shape index (κ1) is 18.4. The molecule has 7 heteroatoms. The fraction of sp³-hybridized carbons (Fsp3) is 0.250. The zero-order valence-electron chi connectivity index (χ0n) is 15.0. The Labute approximate surface area is 157 Å². The Kier molecular flexibility index (Phi) is 5.40. The number of primary amides is 1. The van der Waals surface area contributed by atoms with Crippen LogP contribution in [0.4, 0.5) is 11.4 Å². The second-order valence-corrected chi connectivity index (χ2v) is 6.50. The van der Waals surface area contributed by atoms with Crippen LogP contribution in [0, 0.1) is 12.8 Å². The normalized spacial score (nSPS) is 16.3. The summed E-state index contributed by atoms with van der Waals surface area (Å²) in [6, 6.07) is 14.3. The Morgan fingerprint density at radius 3 is 2.41 bits per heavy atom. The van der Waals surface area contributed by atoms with E-state index in [2.05, 4.69) is 5.32 Å². The van der Waals surface area contributed by atoms with E-state index in [9.17, 15) is 14.4 Å². The minimum atomic E-state index is -0.467. The summed E-state index contributed by atoms with van der Waals surface area (Å²) in [6.07, 6.45) is 0.132. The number of carbonyl (C=O) groups is 3. The molecule has 1 aliphatic heterocycles. The van der Waals surface area contributed by atoms with Crippen LogP contribution in [0.5, 0.6) is 5.75 Å². The van der Waals surface area contributed by atoms with Gasteiger partial charge in [0.1, 0.15) is 5.75 Å². The van der Waals surface area contributed by atoms with Gasteiger partial charge >= 0.3 is 0 Å². The summed E-state index contributed by atoms with van der Waals surface area (Å²) in [4.78, 5) is 36.8. The number of hydrogen-bond acceptors (Lipinski definition) is 4. The number of ether oxygens (including phenoxy) is 1. The molecule has 3 amide bonds. The van der Waals surface area contributed by atoms with Gasteiger partial charge in [0.2, 0.25) is 11.8 Å². The third-order valence-corrected chi connectivity index (χ3v) is 4.38. The van der Waals surface area contributed by atoms with Gasteiger partial charge in [-0.25, -0.2) is 0 Å². The van der Waals surface area contributed by atoms with Crippen LogP contribution < -0.4 is 20.7 Å². The zero-order valence-corrected chi connectivity index (χ0v) is 15.0. The highest BCUT2D eigenvalue weighted by atomic mass is 16.5. The van der Waals surface area contributed by atoms with Crippen molar-refractivity contribution in [3.8, 4) is 5.75 Å². The van der Waals surface area contributed by atoms with Crippen LogP contribution in [0.3, 0.4) is 0 Å². The lowest BCUT2D eigenvalue weighted by Gasteiger charge is -2.16. The van der Waals surface area contributed by atoms with E-state index in [4.69, 9.17) is 10.5 Å². The maximum absolute atomic E-state index is 12.0. The van der Waals surface area contributed by atoms with Crippen LogP contribution in [0.2, 0.25) is 0 Å². The zero-order chi connectivity index (χ0) is 19.4. The monoisotopic (exact) mass is 367 g/mol. The summed E-state index contributed by atoms with van der Waals surface area (Å²) in [5, 5.41) is 2.76. The molecule has 2 aromatic carbocycles. The van der Waals surface area contributed by atoms with Crippen LogP contribution in [-0.4, -0.2) is 30.9 Å². The van der Waals surface area contributed by atoms with E-state index in [1.54, 1.807) is 24.3 Å². The number of nitrogens with zero attached hydrogens (tertiary/aromatic N) is 1. The Morgan fingerprint density at radius 1 is 1.15 bits per heavy atom. The molecule has 7 nitrogen and oxygen atoms in total. The first-order valence-corrected chi connectivity index (χ1v) is 8.61. The van der Waals surface area contributed by atoms with E-state index < -0.39 is 11.8 Å². The molecule has 1 aliphatic rings. The van der Waals surface area contributed by atoms with E-state index in [1.807, 2.05) is 31.2 Å². The molecular weight excluding hydrogens is 346 g/mol. The standard InChI is InChI=1S/C20H21N3O4/c1-13-2-4-15(5-3-13)22-18(24)12-27-17-8-6-16(7-9-17)23-11-14(20(21)26)10-19(23)25/h2-9,14H,10-12H2,1H3,(H2,21,26)(H,22,24). The van der Waals surface area contributed by atoms with Gasteiger partial charge < -0.3 is 20.7 Å². The summed E-state index contributed by atoms with van der Waals surface area (Å²) in [7, 11) is 0. The van der Waals surface area contributed by atoms with Crippen molar-refractivity contribution < 1.29 is 19.1 Å². The summed E-state index contributed by atoms with van der Waals surface area (Å²) in [6.45, 7) is 2.13. The average molecular weight is 367 g/mol. The predicted molar refractivity (Wildman–Crippen MR) is 101 cm³/mol. The highest BCUT2D eigenvalue weighted by Crippen LogP contribution is 2.26. The molecule has 1 fully saturated rings. The first-order chi connectivity index (χ1) is 12.9. The molecule has 140 valence electrons. The Bertz CT molecular complexity index is 847. The highest BCUT2D eigenvalue weighted by Gasteiger charge is 2.33. The van der Waals surface area contributed by atoms with Crippen molar-refractivity contribution in [2.45, 2.75) is 13.3 Å². The summed E-state index contributed by atoms with van der Waals surface area (Å²) < 4.78 is 5.48. The molecule has 3 N–H and O–H groups in total. The third kappa shape index (κ3) is 4.63. The number of rotatable bonds is 6. The number of amides is 3. The molecule has 1 heterocycles. The van der Waals surface area contributed by atoms with Crippen molar-refractivity contribution in [3.63, 3.8) is 0 Å². The molecule has 1 saturated heterocycles. The second kappa shape index (κ2) is 7.90. The predicted octanol–water partition coefficient (Wildman–Crippen LogP) is 1.85. The lowest BCUT2D eigenvalue weighted by molar-refractivity contribution is -0.123. The summed E-state index contributed by atoms with van der Waals surface area (Å²) >= 11 is 0. The van der Waals surface area contributed by atoms with Gasteiger partial charge in [-0.1, -0.05) is 17.7 Å². The smallest absolute Gasteiger partial charge is 0.262 e. The quantitative estimate of drug-likeness (QED) is 0.813. The van der Waals surface area contributed by atoms with Gasteiger partial charge in [-0.05, 0) is 43.3 Å². The molecule has 0 radical (unpaired) electrons. The molecular formula is C20H21N3O4. The van der Waals surface area contributed by atoms with Crippen molar-refractivity contribution in [3.05, 3.63) is 54.1 Å². The molecule has 3 rings (SSSR count). The van der Waals surface area contributed by atoms with E-state index in [-0.39, 0.29) is 31.4 Å². The van der Waals surface area contributed by atoms with Crippen LogP contribution in [0.15, 0.2) is 48.5 Å². The first-order valence-electron chi connectivity index (χ1n) is 8.61. The Hall–Kier alpha value is -3.35. The van der Waals surface area contributed by atoms with Gasteiger partial charge in [-0.3, -0.25) is 14.4 Å². The fourth-order valence-electron chi connectivity index (χ4n) is 2.85. The second-order valence-electron chi connectivity index (χ2n) is 6.50. The minimum absolute atomic E-state index is 0.125. The Balaban J connectivity index is 1.53. The lowest BCUT2D eigenvalue weighted by Crippen LogP contribution is -2.28. The Morgan fingerprint density at radius 2 is 1.81 bits per heavy atom. The van der Waals surface area contributed by atoms with Gasteiger partial charge in [-0.2, -0.15) is 0 Å². The molecule has 0 bridgehead atoms. The maximum atomic E-state index is 12.0. The number of aryl methyl sites for hydroxylation is 1. The van der Waals surface area contributed by atoms with Gasteiger partial charge in [0, 0.05) is 24.3 Å². The number of hydrogen-bond donors (Lipinski definition) is 2. The van der Waals surface area contributed by atoms with Crippen molar-refractivity contribution >= 4 is 29.1 Å². The molecule has 1 unspecified atom stereocenters. The maximum Gasteiger partial charge on any atom is 0.262 e.